The standard InChI is InChI=1S/C13H20N2/c1-8(2)10-5-11(10)13-7-14-6-12(15-13)9(3)4/h6-11H,5H2,1-4H3. The first kappa shape index (κ1) is 10.6. The summed E-state index contributed by atoms with van der Waals surface area (Å²) in [4.78, 5) is 9.00. The molecule has 0 radical (unpaired) electrons. The maximum atomic E-state index is 4.70. The molecule has 1 aliphatic rings. The first-order valence-corrected chi connectivity index (χ1v) is 5.91. The van der Waals surface area contributed by atoms with Crippen molar-refractivity contribution < 1.29 is 0 Å². The lowest BCUT2D eigenvalue weighted by Gasteiger charge is -2.07. The summed E-state index contributed by atoms with van der Waals surface area (Å²) in [5, 5.41) is 0. The fourth-order valence-corrected chi connectivity index (χ4v) is 2.15. The fraction of sp³-hybridized carbons (Fsp3) is 0.692. The van der Waals surface area contributed by atoms with Crippen LogP contribution < -0.4 is 0 Å². The smallest absolute Gasteiger partial charge is 0.0623 e. The predicted octanol–water partition coefficient (Wildman–Crippen LogP) is 3.36. The lowest BCUT2D eigenvalue weighted by molar-refractivity contribution is 0.545. The number of hydrogen-bond acceptors (Lipinski definition) is 2. The molecule has 0 N–H and O–H groups in total. The summed E-state index contributed by atoms with van der Waals surface area (Å²) in [5.41, 5.74) is 2.34. The number of hydrogen-bond donors (Lipinski definition) is 0. The first-order valence-electron chi connectivity index (χ1n) is 5.91. The van der Waals surface area contributed by atoms with E-state index in [9.17, 15) is 0 Å². The Morgan fingerprint density at radius 3 is 2.47 bits per heavy atom. The summed E-state index contributed by atoms with van der Waals surface area (Å²) in [6.45, 7) is 8.93. The van der Waals surface area contributed by atoms with Gasteiger partial charge in [-0.3, -0.25) is 9.97 Å². The van der Waals surface area contributed by atoms with E-state index < -0.39 is 0 Å². The molecule has 0 amide bonds. The van der Waals surface area contributed by atoms with Gasteiger partial charge in [0.05, 0.1) is 11.4 Å². The van der Waals surface area contributed by atoms with Gasteiger partial charge in [0.1, 0.15) is 0 Å². The summed E-state index contributed by atoms with van der Waals surface area (Å²) in [6.07, 6.45) is 5.13. The molecule has 0 saturated heterocycles. The first-order chi connectivity index (χ1) is 7.09. The minimum Gasteiger partial charge on any atom is -0.261 e. The third-order valence-corrected chi connectivity index (χ3v) is 3.34. The van der Waals surface area contributed by atoms with Gasteiger partial charge in [0.25, 0.3) is 0 Å². The highest BCUT2D eigenvalue weighted by atomic mass is 14.8. The summed E-state index contributed by atoms with van der Waals surface area (Å²) in [7, 11) is 0. The van der Waals surface area contributed by atoms with E-state index in [1.807, 2.05) is 12.4 Å². The minimum atomic E-state index is 0.480. The number of nitrogens with zero attached hydrogens (tertiary/aromatic N) is 2. The van der Waals surface area contributed by atoms with E-state index in [0.29, 0.717) is 11.8 Å². The molecule has 2 unspecified atom stereocenters. The number of rotatable bonds is 3. The van der Waals surface area contributed by atoms with Crippen molar-refractivity contribution in [2.45, 2.75) is 46.0 Å². The molecular formula is C13H20N2. The zero-order valence-electron chi connectivity index (χ0n) is 10.1. The van der Waals surface area contributed by atoms with Crippen LogP contribution >= 0.6 is 0 Å². The second kappa shape index (κ2) is 3.92. The van der Waals surface area contributed by atoms with Crippen LogP contribution in [0.4, 0.5) is 0 Å². The van der Waals surface area contributed by atoms with E-state index in [4.69, 9.17) is 4.98 Å². The van der Waals surface area contributed by atoms with Crippen LogP contribution in [0.3, 0.4) is 0 Å². The second-order valence-electron chi connectivity index (χ2n) is 5.27. The second-order valence-corrected chi connectivity index (χ2v) is 5.27. The van der Waals surface area contributed by atoms with Gasteiger partial charge < -0.3 is 0 Å². The van der Waals surface area contributed by atoms with Crippen LogP contribution in [0.25, 0.3) is 0 Å². The topological polar surface area (TPSA) is 25.8 Å². The van der Waals surface area contributed by atoms with Crippen LogP contribution in [0.15, 0.2) is 12.4 Å². The Morgan fingerprint density at radius 2 is 1.93 bits per heavy atom. The molecule has 82 valence electrons. The maximum Gasteiger partial charge on any atom is 0.0623 e. The predicted molar refractivity (Wildman–Crippen MR) is 61.8 cm³/mol. The van der Waals surface area contributed by atoms with Gasteiger partial charge in [-0.15, -0.1) is 0 Å². The van der Waals surface area contributed by atoms with E-state index in [1.165, 1.54) is 12.1 Å². The molecule has 1 fully saturated rings. The molecule has 0 bridgehead atoms. The van der Waals surface area contributed by atoms with Crippen LogP contribution in [0.1, 0.15) is 57.3 Å². The third-order valence-electron chi connectivity index (χ3n) is 3.34. The minimum absolute atomic E-state index is 0.480. The average Bonchev–Trinajstić information content (AvgIpc) is 2.97. The Hall–Kier alpha value is -0.920. The van der Waals surface area contributed by atoms with Gasteiger partial charge in [0.15, 0.2) is 0 Å². The quantitative estimate of drug-likeness (QED) is 0.754. The molecule has 2 nitrogen and oxygen atoms in total. The molecule has 1 aromatic rings. The summed E-state index contributed by atoms with van der Waals surface area (Å²) in [6, 6.07) is 0. The van der Waals surface area contributed by atoms with Crippen molar-refractivity contribution in [3.8, 4) is 0 Å². The van der Waals surface area contributed by atoms with E-state index >= 15 is 0 Å². The van der Waals surface area contributed by atoms with Crippen molar-refractivity contribution in [2.24, 2.45) is 11.8 Å². The molecule has 0 aliphatic heterocycles. The normalized spacial score (nSPS) is 24.9. The van der Waals surface area contributed by atoms with Gasteiger partial charge in [-0.2, -0.15) is 0 Å². The highest BCUT2D eigenvalue weighted by Gasteiger charge is 2.41. The molecule has 2 heteroatoms. The Labute approximate surface area is 92.1 Å². The molecule has 1 heterocycles. The van der Waals surface area contributed by atoms with Crippen LogP contribution in [0.2, 0.25) is 0 Å². The van der Waals surface area contributed by atoms with E-state index in [1.54, 1.807) is 0 Å². The summed E-state index contributed by atoms with van der Waals surface area (Å²) in [5.74, 6) is 2.77. The lowest BCUT2D eigenvalue weighted by Crippen LogP contribution is -2.00. The molecule has 2 rings (SSSR count). The maximum absolute atomic E-state index is 4.70. The fourth-order valence-electron chi connectivity index (χ4n) is 2.15. The Bertz CT molecular complexity index is 344. The van der Waals surface area contributed by atoms with E-state index in [-0.39, 0.29) is 0 Å². The van der Waals surface area contributed by atoms with Crippen molar-refractivity contribution in [3.63, 3.8) is 0 Å². The molecule has 1 saturated carbocycles. The van der Waals surface area contributed by atoms with Crippen LogP contribution in [-0.2, 0) is 0 Å². The van der Waals surface area contributed by atoms with Crippen molar-refractivity contribution >= 4 is 0 Å². The van der Waals surface area contributed by atoms with Crippen LogP contribution in [0.5, 0.6) is 0 Å². The average molecular weight is 204 g/mol. The van der Waals surface area contributed by atoms with Crippen molar-refractivity contribution in [2.75, 3.05) is 0 Å². The molecule has 1 aromatic heterocycles. The number of aromatic nitrogens is 2. The van der Waals surface area contributed by atoms with Gasteiger partial charge in [0.2, 0.25) is 0 Å². The zero-order chi connectivity index (χ0) is 11.0. The van der Waals surface area contributed by atoms with E-state index in [2.05, 4.69) is 32.7 Å². The van der Waals surface area contributed by atoms with Gasteiger partial charge in [-0.1, -0.05) is 27.7 Å². The Kier molecular flexibility index (Phi) is 2.76. The van der Waals surface area contributed by atoms with Gasteiger partial charge in [-0.05, 0) is 24.2 Å². The molecule has 1 aliphatic carbocycles. The SMILES string of the molecule is CC(C)c1cncc(C2CC2C(C)C)n1. The largest absolute Gasteiger partial charge is 0.261 e. The van der Waals surface area contributed by atoms with Gasteiger partial charge in [0, 0.05) is 18.3 Å². The Morgan fingerprint density at radius 1 is 1.20 bits per heavy atom. The Balaban J connectivity index is 2.14. The molecule has 15 heavy (non-hydrogen) atoms. The molecule has 2 atom stereocenters. The lowest BCUT2D eigenvalue weighted by atomic mass is 10.1. The van der Waals surface area contributed by atoms with Gasteiger partial charge >= 0.3 is 0 Å². The van der Waals surface area contributed by atoms with E-state index in [0.717, 1.165) is 17.5 Å². The summed E-state index contributed by atoms with van der Waals surface area (Å²) >= 11 is 0. The monoisotopic (exact) mass is 204 g/mol. The summed E-state index contributed by atoms with van der Waals surface area (Å²) < 4.78 is 0. The molecular weight excluding hydrogens is 184 g/mol. The van der Waals surface area contributed by atoms with Crippen LogP contribution in [0, 0.1) is 11.8 Å². The van der Waals surface area contributed by atoms with Crippen LogP contribution in [-0.4, -0.2) is 9.97 Å². The molecule has 0 aromatic carbocycles. The zero-order valence-corrected chi connectivity index (χ0v) is 10.1. The van der Waals surface area contributed by atoms with Crippen molar-refractivity contribution in [1.82, 2.24) is 9.97 Å². The van der Waals surface area contributed by atoms with Gasteiger partial charge in [-0.25, -0.2) is 0 Å². The highest BCUT2D eigenvalue weighted by molar-refractivity contribution is 5.18. The highest BCUT2D eigenvalue weighted by Crippen LogP contribution is 2.50. The third kappa shape index (κ3) is 2.19. The van der Waals surface area contributed by atoms with Crippen molar-refractivity contribution in [3.05, 3.63) is 23.8 Å². The van der Waals surface area contributed by atoms with Crippen molar-refractivity contribution in [1.29, 1.82) is 0 Å². The molecule has 0 spiro atoms.